The Morgan fingerprint density at radius 3 is 2.79 bits per heavy atom. The first-order valence-corrected chi connectivity index (χ1v) is 4.27. The molecule has 0 radical (unpaired) electrons. The number of aromatic amines is 1. The molecule has 1 heterocycles. The van der Waals surface area contributed by atoms with Gasteiger partial charge in [0.1, 0.15) is 11.6 Å². The van der Waals surface area contributed by atoms with Gasteiger partial charge in [-0.15, -0.1) is 0 Å². The number of nitriles is 1. The Balaban J connectivity index is 3.41. The number of aromatic nitrogens is 1. The highest BCUT2D eigenvalue weighted by atomic mass is 16.1. The van der Waals surface area contributed by atoms with Crippen LogP contribution in [0.1, 0.15) is 35.0 Å². The van der Waals surface area contributed by atoms with Crippen molar-refractivity contribution in [1.82, 2.24) is 4.98 Å². The maximum atomic E-state index is 11.4. The zero-order valence-corrected chi connectivity index (χ0v) is 8.05. The molecule has 72 valence electrons. The van der Waals surface area contributed by atoms with Crippen molar-refractivity contribution in [3.8, 4) is 6.07 Å². The molecule has 0 aromatic carbocycles. The lowest BCUT2D eigenvalue weighted by Crippen LogP contribution is -2.15. The normalized spacial score (nSPS) is 9.50. The van der Waals surface area contributed by atoms with Crippen LogP contribution in [0, 0.1) is 18.3 Å². The summed E-state index contributed by atoms with van der Waals surface area (Å²) in [5, 5.41) is 8.61. The summed E-state index contributed by atoms with van der Waals surface area (Å²) < 4.78 is 0. The van der Waals surface area contributed by atoms with E-state index in [0.29, 0.717) is 17.7 Å². The van der Waals surface area contributed by atoms with Crippen molar-refractivity contribution in [2.75, 3.05) is 0 Å². The van der Waals surface area contributed by atoms with E-state index in [1.807, 2.05) is 0 Å². The first kappa shape index (κ1) is 10.2. The molecule has 0 aliphatic heterocycles. The predicted octanol–water partition coefficient (Wildman–Crippen LogP) is 1.15. The van der Waals surface area contributed by atoms with Gasteiger partial charge in [-0.05, 0) is 13.0 Å². The minimum absolute atomic E-state index is 0.0209. The molecule has 1 aromatic rings. The summed E-state index contributed by atoms with van der Waals surface area (Å²) in [6.45, 7) is 3.38. The summed E-state index contributed by atoms with van der Waals surface area (Å²) in [6.07, 6.45) is 0.359. The van der Waals surface area contributed by atoms with E-state index in [9.17, 15) is 9.59 Å². The highest BCUT2D eigenvalue weighted by Crippen LogP contribution is 2.07. The van der Waals surface area contributed by atoms with Gasteiger partial charge >= 0.3 is 0 Å². The van der Waals surface area contributed by atoms with Crippen molar-refractivity contribution in [2.45, 2.75) is 20.3 Å². The van der Waals surface area contributed by atoms with E-state index in [-0.39, 0.29) is 11.3 Å². The molecule has 0 aliphatic carbocycles. The minimum atomic E-state index is -0.447. The first-order valence-electron chi connectivity index (χ1n) is 4.27. The lowest BCUT2D eigenvalue weighted by atomic mass is 10.1. The predicted molar refractivity (Wildman–Crippen MR) is 51.1 cm³/mol. The van der Waals surface area contributed by atoms with Crippen LogP contribution in [0.2, 0.25) is 0 Å². The SMILES string of the molecule is CCC(=O)c1cc(C#N)c(=O)[nH]c1C. The van der Waals surface area contributed by atoms with Gasteiger partial charge < -0.3 is 4.98 Å². The second-order valence-electron chi connectivity index (χ2n) is 2.94. The number of H-pyrrole nitrogens is 1. The van der Waals surface area contributed by atoms with E-state index >= 15 is 0 Å². The fourth-order valence-electron chi connectivity index (χ4n) is 1.19. The Kier molecular flexibility index (Phi) is 2.82. The number of rotatable bonds is 2. The molecule has 14 heavy (non-hydrogen) atoms. The molecule has 4 heteroatoms. The van der Waals surface area contributed by atoms with E-state index < -0.39 is 5.56 Å². The summed E-state index contributed by atoms with van der Waals surface area (Å²) in [4.78, 5) is 25.0. The Morgan fingerprint density at radius 1 is 1.64 bits per heavy atom. The summed E-state index contributed by atoms with van der Waals surface area (Å²) in [5.41, 5.74) is 0.467. The van der Waals surface area contributed by atoms with Gasteiger partial charge in [0, 0.05) is 17.7 Å². The van der Waals surface area contributed by atoms with Gasteiger partial charge in [-0.1, -0.05) is 6.92 Å². The molecular weight excluding hydrogens is 180 g/mol. The Bertz CT molecular complexity index is 466. The third-order valence-electron chi connectivity index (χ3n) is 1.98. The number of Topliss-reactive ketones (excluding diaryl/α,β-unsaturated/α-hetero) is 1. The quantitative estimate of drug-likeness (QED) is 0.711. The molecule has 1 aromatic heterocycles. The number of pyridine rings is 1. The van der Waals surface area contributed by atoms with Crippen molar-refractivity contribution < 1.29 is 4.79 Å². The molecule has 0 saturated heterocycles. The van der Waals surface area contributed by atoms with Crippen molar-refractivity contribution in [1.29, 1.82) is 5.26 Å². The average molecular weight is 190 g/mol. The number of nitrogens with one attached hydrogen (secondary N) is 1. The van der Waals surface area contributed by atoms with E-state index in [4.69, 9.17) is 5.26 Å². The first-order chi connectivity index (χ1) is 6.60. The molecule has 0 amide bonds. The third-order valence-corrected chi connectivity index (χ3v) is 1.98. The van der Waals surface area contributed by atoms with Crippen LogP contribution >= 0.6 is 0 Å². The third kappa shape index (κ3) is 1.72. The van der Waals surface area contributed by atoms with Gasteiger partial charge in [-0.25, -0.2) is 0 Å². The Hall–Kier alpha value is -1.89. The fourth-order valence-corrected chi connectivity index (χ4v) is 1.19. The van der Waals surface area contributed by atoms with Gasteiger partial charge in [0.2, 0.25) is 0 Å². The average Bonchev–Trinajstić information content (AvgIpc) is 2.17. The van der Waals surface area contributed by atoms with Crippen molar-refractivity contribution in [3.63, 3.8) is 0 Å². The lowest BCUT2D eigenvalue weighted by Gasteiger charge is -2.02. The minimum Gasteiger partial charge on any atom is -0.325 e. The van der Waals surface area contributed by atoms with Crippen LogP contribution in [0.25, 0.3) is 0 Å². The number of hydrogen-bond donors (Lipinski definition) is 1. The van der Waals surface area contributed by atoms with Gasteiger partial charge in [0.05, 0.1) is 0 Å². The molecule has 0 saturated carbocycles. The van der Waals surface area contributed by atoms with Crippen LogP contribution in [0.5, 0.6) is 0 Å². The van der Waals surface area contributed by atoms with Crippen LogP contribution < -0.4 is 5.56 Å². The van der Waals surface area contributed by atoms with E-state index in [1.165, 1.54) is 6.07 Å². The largest absolute Gasteiger partial charge is 0.325 e. The fraction of sp³-hybridized carbons (Fsp3) is 0.300. The molecule has 0 unspecified atom stereocenters. The topological polar surface area (TPSA) is 73.7 Å². The van der Waals surface area contributed by atoms with Crippen molar-refractivity contribution in [3.05, 3.63) is 33.2 Å². The van der Waals surface area contributed by atoms with E-state index in [0.717, 1.165) is 0 Å². The molecule has 1 N–H and O–H groups in total. The molecule has 4 nitrogen and oxygen atoms in total. The zero-order valence-electron chi connectivity index (χ0n) is 8.05. The molecular formula is C10H10N2O2. The summed E-state index contributed by atoms with van der Waals surface area (Å²) in [5.74, 6) is -0.0738. The van der Waals surface area contributed by atoms with Crippen LogP contribution in [0.4, 0.5) is 0 Å². The molecule has 0 bridgehead atoms. The van der Waals surface area contributed by atoms with Crippen LogP contribution in [0.3, 0.4) is 0 Å². The molecule has 0 aliphatic rings. The number of nitrogens with zero attached hydrogens (tertiary/aromatic N) is 1. The summed E-state index contributed by atoms with van der Waals surface area (Å²) >= 11 is 0. The number of aryl methyl sites for hydroxylation is 1. The van der Waals surface area contributed by atoms with Gasteiger partial charge in [-0.3, -0.25) is 9.59 Å². The second-order valence-corrected chi connectivity index (χ2v) is 2.94. The van der Waals surface area contributed by atoms with Gasteiger partial charge in [0.25, 0.3) is 5.56 Å². The molecule has 0 fully saturated rings. The summed E-state index contributed by atoms with van der Waals surface area (Å²) in [7, 11) is 0. The zero-order chi connectivity index (χ0) is 10.7. The highest BCUT2D eigenvalue weighted by Gasteiger charge is 2.10. The van der Waals surface area contributed by atoms with Crippen molar-refractivity contribution in [2.24, 2.45) is 0 Å². The summed E-state index contributed by atoms with van der Waals surface area (Å²) in [6, 6.07) is 3.09. The Morgan fingerprint density at radius 2 is 2.29 bits per heavy atom. The van der Waals surface area contributed by atoms with E-state index in [1.54, 1.807) is 19.9 Å². The second kappa shape index (κ2) is 3.88. The molecule has 1 rings (SSSR count). The maximum Gasteiger partial charge on any atom is 0.266 e. The van der Waals surface area contributed by atoms with Gasteiger partial charge in [-0.2, -0.15) is 5.26 Å². The maximum absolute atomic E-state index is 11.4. The van der Waals surface area contributed by atoms with Crippen LogP contribution in [0.15, 0.2) is 10.9 Å². The van der Waals surface area contributed by atoms with Crippen molar-refractivity contribution >= 4 is 5.78 Å². The monoisotopic (exact) mass is 190 g/mol. The smallest absolute Gasteiger partial charge is 0.266 e. The number of hydrogen-bond acceptors (Lipinski definition) is 3. The van der Waals surface area contributed by atoms with Crippen LogP contribution in [-0.2, 0) is 0 Å². The number of carbonyl (C=O) groups is 1. The van der Waals surface area contributed by atoms with Gasteiger partial charge in [0.15, 0.2) is 5.78 Å². The number of ketones is 1. The van der Waals surface area contributed by atoms with E-state index in [2.05, 4.69) is 4.98 Å². The Labute approximate surface area is 81.2 Å². The lowest BCUT2D eigenvalue weighted by molar-refractivity contribution is 0.0987. The standard InChI is InChI=1S/C10H10N2O2/c1-3-9(13)8-4-7(5-11)10(14)12-6(8)2/h4H,3H2,1-2H3,(H,12,14). The number of carbonyl (C=O) groups excluding carboxylic acids is 1. The molecule has 0 atom stereocenters. The highest BCUT2D eigenvalue weighted by molar-refractivity contribution is 5.97. The van der Waals surface area contributed by atoms with Crippen LogP contribution in [-0.4, -0.2) is 10.8 Å². The molecule has 0 spiro atoms.